The van der Waals surface area contributed by atoms with E-state index in [0.717, 1.165) is 37.7 Å². The molecule has 30 heavy (non-hydrogen) atoms. The number of ether oxygens (including phenoxy) is 1. The normalized spacial score (nSPS) is 18.8. The molecule has 164 valence electrons. The largest absolute Gasteiger partial charge is 0.504 e. The van der Waals surface area contributed by atoms with Crippen molar-refractivity contribution in [1.29, 1.82) is 0 Å². The Kier molecular flexibility index (Phi) is 9.18. The van der Waals surface area contributed by atoms with Gasteiger partial charge >= 0.3 is 5.97 Å². The Hall–Kier alpha value is -2.53. The third-order valence-corrected chi connectivity index (χ3v) is 5.41. The van der Waals surface area contributed by atoms with E-state index in [-0.39, 0.29) is 23.0 Å². The van der Waals surface area contributed by atoms with Crippen LogP contribution < -0.4 is 0 Å². The minimum absolute atomic E-state index is 0.0383. The molecule has 0 saturated carbocycles. The van der Waals surface area contributed by atoms with Crippen LogP contribution in [-0.4, -0.2) is 16.2 Å². The van der Waals surface area contributed by atoms with Crippen molar-refractivity contribution in [3.05, 3.63) is 70.6 Å². The third-order valence-electron chi connectivity index (χ3n) is 5.41. The van der Waals surface area contributed by atoms with Gasteiger partial charge in [-0.2, -0.15) is 0 Å². The van der Waals surface area contributed by atoms with Crippen molar-refractivity contribution in [2.45, 2.75) is 72.3 Å². The van der Waals surface area contributed by atoms with Gasteiger partial charge in [0.1, 0.15) is 0 Å². The number of rotatable bonds is 11. The molecule has 0 spiro atoms. The van der Waals surface area contributed by atoms with Crippen LogP contribution in [0.2, 0.25) is 0 Å². The predicted octanol–water partition coefficient (Wildman–Crippen LogP) is 6.46. The smallest absolute Gasteiger partial charge is 0.343 e. The standard InChI is InChI=1S/C25H34O5/c1-17(7-5-9-18(2)11-12-22(26)21-13-14-29-16-21)8-6-10-19(3)15-23-24(27)20(4)25(28)30-23/h7,11,13-16,19,22,26-27H,5-6,8-10,12H2,1-4H3/b17-7+,18-11+,23-15-. The van der Waals surface area contributed by atoms with Gasteiger partial charge in [0.25, 0.3) is 0 Å². The Labute approximate surface area is 179 Å². The predicted molar refractivity (Wildman–Crippen MR) is 118 cm³/mol. The van der Waals surface area contributed by atoms with Crippen molar-refractivity contribution in [3.8, 4) is 0 Å². The molecule has 1 aliphatic heterocycles. The topological polar surface area (TPSA) is 79.9 Å². The highest BCUT2D eigenvalue weighted by molar-refractivity contribution is 5.93. The highest BCUT2D eigenvalue weighted by Crippen LogP contribution is 2.26. The number of aliphatic hydroxyl groups excluding tert-OH is 2. The van der Waals surface area contributed by atoms with E-state index >= 15 is 0 Å². The van der Waals surface area contributed by atoms with Crippen LogP contribution >= 0.6 is 0 Å². The average molecular weight is 415 g/mol. The van der Waals surface area contributed by atoms with Crippen LogP contribution in [0.25, 0.3) is 0 Å². The molecule has 2 heterocycles. The quantitative estimate of drug-likeness (QED) is 0.321. The second-order valence-corrected chi connectivity index (χ2v) is 8.21. The van der Waals surface area contributed by atoms with Crippen LogP contribution in [0.4, 0.5) is 0 Å². The summed E-state index contributed by atoms with van der Waals surface area (Å²) in [6, 6.07) is 1.79. The van der Waals surface area contributed by atoms with Crippen molar-refractivity contribution in [2.24, 2.45) is 5.92 Å². The third kappa shape index (κ3) is 7.38. The minimum Gasteiger partial charge on any atom is -0.504 e. The molecule has 0 radical (unpaired) electrons. The summed E-state index contributed by atoms with van der Waals surface area (Å²) in [5.41, 5.74) is 3.72. The number of allylic oxidation sites excluding steroid dienone is 4. The van der Waals surface area contributed by atoms with Crippen LogP contribution in [0.5, 0.6) is 0 Å². The molecule has 0 saturated heterocycles. The molecule has 2 N–H and O–H groups in total. The molecule has 0 aliphatic carbocycles. The maximum Gasteiger partial charge on any atom is 0.343 e. The van der Waals surface area contributed by atoms with Gasteiger partial charge in [0.05, 0.1) is 24.2 Å². The Morgan fingerprint density at radius 2 is 1.93 bits per heavy atom. The Bertz CT molecular complexity index is 824. The zero-order valence-electron chi connectivity index (χ0n) is 18.5. The molecule has 5 nitrogen and oxygen atoms in total. The second kappa shape index (κ2) is 11.6. The molecular formula is C25H34O5. The summed E-state index contributed by atoms with van der Waals surface area (Å²) in [7, 11) is 0. The zero-order valence-corrected chi connectivity index (χ0v) is 18.5. The number of carbonyl (C=O) groups is 1. The molecule has 2 atom stereocenters. The van der Waals surface area contributed by atoms with E-state index in [9.17, 15) is 15.0 Å². The second-order valence-electron chi connectivity index (χ2n) is 8.21. The molecule has 0 fully saturated rings. The lowest BCUT2D eigenvalue weighted by molar-refractivity contribution is -0.133. The van der Waals surface area contributed by atoms with E-state index < -0.39 is 12.1 Å². The van der Waals surface area contributed by atoms with E-state index in [1.54, 1.807) is 25.5 Å². The Balaban J connectivity index is 1.66. The fourth-order valence-corrected chi connectivity index (χ4v) is 3.33. The van der Waals surface area contributed by atoms with Crippen LogP contribution in [0.1, 0.15) is 77.9 Å². The van der Waals surface area contributed by atoms with E-state index in [4.69, 9.17) is 9.15 Å². The van der Waals surface area contributed by atoms with Crippen molar-refractivity contribution in [1.82, 2.24) is 0 Å². The molecule has 1 aliphatic rings. The fraction of sp³-hybridized carbons (Fsp3) is 0.480. The van der Waals surface area contributed by atoms with Gasteiger partial charge in [-0.05, 0) is 77.4 Å². The summed E-state index contributed by atoms with van der Waals surface area (Å²) in [5, 5.41) is 20.0. The van der Waals surface area contributed by atoms with E-state index in [1.165, 1.54) is 11.1 Å². The lowest BCUT2D eigenvalue weighted by Gasteiger charge is -2.08. The first-order chi connectivity index (χ1) is 14.3. The van der Waals surface area contributed by atoms with Crippen LogP contribution in [-0.2, 0) is 9.53 Å². The molecule has 5 heteroatoms. The van der Waals surface area contributed by atoms with Gasteiger partial charge in [0, 0.05) is 5.56 Å². The molecule has 2 rings (SSSR count). The number of aliphatic hydroxyl groups is 2. The summed E-state index contributed by atoms with van der Waals surface area (Å²) in [4.78, 5) is 11.4. The van der Waals surface area contributed by atoms with Gasteiger partial charge in [0.15, 0.2) is 11.5 Å². The number of furan rings is 1. The van der Waals surface area contributed by atoms with Gasteiger partial charge in [-0.15, -0.1) is 0 Å². The monoisotopic (exact) mass is 414 g/mol. The molecular weight excluding hydrogens is 380 g/mol. The Morgan fingerprint density at radius 3 is 2.57 bits per heavy atom. The van der Waals surface area contributed by atoms with Crippen LogP contribution in [0.3, 0.4) is 0 Å². The van der Waals surface area contributed by atoms with Crippen molar-refractivity contribution >= 4 is 5.97 Å². The minimum atomic E-state index is -0.512. The first-order valence-corrected chi connectivity index (χ1v) is 10.6. The number of cyclic esters (lactones) is 1. The molecule has 2 unspecified atom stereocenters. The number of hydrogen-bond donors (Lipinski definition) is 2. The SMILES string of the molecule is CC1=C(O)/C(=C/C(C)CCC/C(C)=C/CC/C(C)=C/CC(O)c2ccoc2)OC1=O. The summed E-state index contributed by atoms with van der Waals surface area (Å²) in [6.07, 6.45) is 14.4. The highest BCUT2D eigenvalue weighted by Gasteiger charge is 2.26. The molecule has 0 aromatic carbocycles. The average Bonchev–Trinajstić information content (AvgIpc) is 3.32. The van der Waals surface area contributed by atoms with Crippen LogP contribution in [0, 0.1) is 5.92 Å². The molecule has 0 amide bonds. The van der Waals surface area contributed by atoms with E-state index in [1.807, 2.05) is 6.08 Å². The first-order valence-electron chi connectivity index (χ1n) is 10.6. The van der Waals surface area contributed by atoms with Gasteiger partial charge in [-0.25, -0.2) is 4.79 Å². The molecule has 0 bridgehead atoms. The van der Waals surface area contributed by atoms with Crippen LogP contribution in [0.15, 0.2) is 69.5 Å². The number of carbonyl (C=O) groups excluding carboxylic acids is 1. The van der Waals surface area contributed by atoms with Gasteiger partial charge in [-0.1, -0.05) is 30.2 Å². The Morgan fingerprint density at radius 1 is 1.20 bits per heavy atom. The van der Waals surface area contributed by atoms with E-state index in [2.05, 4.69) is 32.9 Å². The molecule has 1 aromatic rings. The fourth-order valence-electron chi connectivity index (χ4n) is 3.33. The maximum atomic E-state index is 11.4. The maximum absolute atomic E-state index is 11.4. The first kappa shape index (κ1) is 23.7. The highest BCUT2D eigenvalue weighted by atomic mass is 16.6. The molecule has 1 aromatic heterocycles. The summed E-state index contributed by atoms with van der Waals surface area (Å²) >= 11 is 0. The number of esters is 1. The lowest BCUT2D eigenvalue weighted by atomic mass is 9.99. The summed E-state index contributed by atoms with van der Waals surface area (Å²) in [6.45, 7) is 7.88. The zero-order chi connectivity index (χ0) is 22.1. The summed E-state index contributed by atoms with van der Waals surface area (Å²) in [5.74, 6) is 0.00610. The van der Waals surface area contributed by atoms with Crippen molar-refractivity contribution < 1.29 is 24.2 Å². The summed E-state index contributed by atoms with van der Waals surface area (Å²) < 4.78 is 10.1. The van der Waals surface area contributed by atoms with E-state index in [0.29, 0.717) is 6.42 Å². The van der Waals surface area contributed by atoms with Gasteiger partial charge in [0.2, 0.25) is 0 Å². The lowest BCUT2D eigenvalue weighted by Crippen LogP contribution is -1.97. The van der Waals surface area contributed by atoms with Gasteiger partial charge in [-0.3, -0.25) is 0 Å². The van der Waals surface area contributed by atoms with Gasteiger partial charge < -0.3 is 19.4 Å². The van der Waals surface area contributed by atoms with Crippen molar-refractivity contribution in [2.75, 3.05) is 0 Å². The number of hydrogen-bond acceptors (Lipinski definition) is 5. The van der Waals surface area contributed by atoms with Crippen molar-refractivity contribution in [3.63, 3.8) is 0 Å².